The Morgan fingerprint density at radius 2 is 2.17 bits per heavy atom. The molecule has 2 N–H and O–H groups in total. The van der Waals surface area contributed by atoms with Crippen LogP contribution in [-0.2, 0) is 4.79 Å². The molecule has 0 aromatic heterocycles. The number of aryl methyl sites for hydroxylation is 1. The van der Waals surface area contributed by atoms with Gasteiger partial charge >= 0.3 is 0 Å². The maximum Gasteiger partial charge on any atom is 0.257 e. The maximum absolute atomic E-state index is 11.6. The van der Waals surface area contributed by atoms with Crippen molar-refractivity contribution in [2.24, 2.45) is 5.41 Å². The summed E-state index contributed by atoms with van der Waals surface area (Å²) in [6.07, 6.45) is 1.98. The highest BCUT2D eigenvalue weighted by atomic mass is 16.5. The summed E-state index contributed by atoms with van der Waals surface area (Å²) in [6.45, 7) is 2.65. The summed E-state index contributed by atoms with van der Waals surface area (Å²) in [7, 11) is 0. The fourth-order valence-electron chi connectivity index (χ4n) is 1.77. The highest BCUT2D eigenvalue weighted by Gasteiger charge is 2.42. The van der Waals surface area contributed by atoms with Crippen molar-refractivity contribution in [3.63, 3.8) is 0 Å². The number of aliphatic hydroxyl groups excluding tert-OH is 1. The molecule has 1 saturated carbocycles. The molecular weight excluding hydrogens is 230 g/mol. The Kier molecular flexibility index (Phi) is 3.87. The fraction of sp³-hybridized carbons (Fsp3) is 0.500. The Morgan fingerprint density at radius 3 is 2.78 bits per heavy atom. The maximum atomic E-state index is 11.6. The number of hydrogen-bond donors (Lipinski definition) is 2. The minimum absolute atomic E-state index is 0.0202. The highest BCUT2D eigenvalue weighted by molar-refractivity contribution is 5.77. The number of ether oxygens (including phenoxy) is 1. The van der Waals surface area contributed by atoms with E-state index in [1.807, 2.05) is 31.2 Å². The molecule has 0 bridgehead atoms. The smallest absolute Gasteiger partial charge is 0.257 e. The number of carbonyl (C=O) groups is 1. The topological polar surface area (TPSA) is 58.6 Å². The standard InChI is InChI=1S/C14H19NO3/c1-11-4-2-3-5-12(11)18-8-13(17)15-9-14(10-16)6-7-14/h2-5,16H,6-10H2,1H3,(H,15,17). The second kappa shape index (κ2) is 5.40. The summed E-state index contributed by atoms with van der Waals surface area (Å²) in [5.74, 6) is 0.592. The molecule has 4 heteroatoms. The molecule has 0 spiro atoms. The summed E-state index contributed by atoms with van der Waals surface area (Å²) < 4.78 is 5.44. The molecular formula is C14H19NO3. The first kappa shape index (κ1) is 12.9. The zero-order valence-corrected chi connectivity index (χ0v) is 10.6. The van der Waals surface area contributed by atoms with E-state index < -0.39 is 0 Å². The minimum atomic E-state index is -0.141. The van der Waals surface area contributed by atoms with Crippen LogP contribution in [0.25, 0.3) is 0 Å². The van der Waals surface area contributed by atoms with Crippen LogP contribution < -0.4 is 10.1 Å². The van der Waals surface area contributed by atoms with Crippen LogP contribution in [0.1, 0.15) is 18.4 Å². The average Bonchev–Trinajstić information content (AvgIpc) is 3.16. The van der Waals surface area contributed by atoms with Crippen LogP contribution in [0.3, 0.4) is 0 Å². The van der Waals surface area contributed by atoms with Crippen LogP contribution >= 0.6 is 0 Å². The number of amides is 1. The molecule has 1 aliphatic rings. The summed E-state index contributed by atoms with van der Waals surface area (Å²) in [5, 5.41) is 11.9. The van der Waals surface area contributed by atoms with Gasteiger partial charge in [-0.15, -0.1) is 0 Å². The van der Waals surface area contributed by atoms with E-state index in [1.54, 1.807) is 0 Å². The van der Waals surface area contributed by atoms with E-state index in [2.05, 4.69) is 5.32 Å². The van der Waals surface area contributed by atoms with Crippen molar-refractivity contribution in [2.45, 2.75) is 19.8 Å². The summed E-state index contributed by atoms with van der Waals surface area (Å²) in [4.78, 5) is 11.6. The molecule has 2 rings (SSSR count). The number of hydrogen-bond acceptors (Lipinski definition) is 3. The Balaban J connectivity index is 1.74. The summed E-state index contributed by atoms with van der Waals surface area (Å²) >= 11 is 0. The number of rotatable bonds is 6. The lowest BCUT2D eigenvalue weighted by molar-refractivity contribution is -0.123. The number of nitrogens with one attached hydrogen (secondary N) is 1. The first-order valence-corrected chi connectivity index (χ1v) is 6.21. The molecule has 0 unspecified atom stereocenters. The van der Waals surface area contributed by atoms with Gasteiger partial charge < -0.3 is 15.2 Å². The van der Waals surface area contributed by atoms with Crippen molar-refractivity contribution in [1.82, 2.24) is 5.32 Å². The Hall–Kier alpha value is -1.55. The molecule has 0 saturated heterocycles. The lowest BCUT2D eigenvalue weighted by Gasteiger charge is -2.13. The zero-order valence-electron chi connectivity index (χ0n) is 10.6. The number of carbonyl (C=O) groups excluding carboxylic acids is 1. The monoisotopic (exact) mass is 249 g/mol. The molecule has 1 amide bonds. The van der Waals surface area contributed by atoms with Gasteiger partial charge in [0.15, 0.2) is 6.61 Å². The molecule has 4 nitrogen and oxygen atoms in total. The van der Waals surface area contributed by atoms with Gasteiger partial charge in [-0.25, -0.2) is 0 Å². The van der Waals surface area contributed by atoms with E-state index in [-0.39, 0.29) is 24.5 Å². The average molecular weight is 249 g/mol. The van der Waals surface area contributed by atoms with Gasteiger partial charge in [0.05, 0.1) is 6.61 Å². The predicted octanol–water partition coefficient (Wildman–Crippen LogP) is 1.26. The lowest BCUT2D eigenvalue weighted by atomic mass is 10.1. The van der Waals surface area contributed by atoms with E-state index in [4.69, 9.17) is 9.84 Å². The van der Waals surface area contributed by atoms with Crippen molar-refractivity contribution in [2.75, 3.05) is 19.8 Å². The van der Waals surface area contributed by atoms with Gasteiger partial charge in [-0.05, 0) is 31.4 Å². The van der Waals surface area contributed by atoms with E-state index in [0.29, 0.717) is 6.54 Å². The van der Waals surface area contributed by atoms with Gasteiger partial charge in [0, 0.05) is 12.0 Å². The van der Waals surface area contributed by atoms with Gasteiger partial charge in [-0.2, -0.15) is 0 Å². The van der Waals surface area contributed by atoms with E-state index in [9.17, 15) is 4.79 Å². The van der Waals surface area contributed by atoms with Crippen LogP contribution in [0, 0.1) is 12.3 Å². The quantitative estimate of drug-likeness (QED) is 0.798. The van der Waals surface area contributed by atoms with Gasteiger partial charge in [0.1, 0.15) is 5.75 Å². The normalized spacial score (nSPS) is 16.1. The number of para-hydroxylation sites is 1. The van der Waals surface area contributed by atoms with E-state index in [0.717, 1.165) is 24.2 Å². The lowest BCUT2D eigenvalue weighted by Crippen LogP contribution is -2.35. The predicted molar refractivity (Wildman–Crippen MR) is 68.4 cm³/mol. The van der Waals surface area contributed by atoms with Gasteiger partial charge in [0.2, 0.25) is 0 Å². The molecule has 1 aromatic carbocycles. The van der Waals surface area contributed by atoms with Gasteiger partial charge in [-0.1, -0.05) is 18.2 Å². The van der Waals surface area contributed by atoms with Crippen LogP contribution in [0.2, 0.25) is 0 Å². The summed E-state index contributed by atoms with van der Waals surface area (Å²) in [6, 6.07) is 7.60. The Morgan fingerprint density at radius 1 is 1.44 bits per heavy atom. The molecule has 1 fully saturated rings. The van der Waals surface area contributed by atoms with Crippen molar-refractivity contribution in [3.8, 4) is 5.75 Å². The second-order valence-electron chi connectivity index (χ2n) is 4.99. The van der Waals surface area contributed by atoms with Crippen molar-refractivity contribution in [3.05, 3.63) is 29.8 Å². The highest BCUT2D eigenvalue weighted by Crippen LogP contribution is 2.44. The molecule has 18 heavy (non-hydrogen) atoms. The third kappa shape index (κ3) is 3.23. The first-order valence-electron chi connectivity index (χ1n) is 6.21. The largest absolute Gasteiger partial charge is 0.484 e. The molecule has 1 aromatic rings. The van der Waals surface area contributed by atoms with Gasteiger partial charge in [0.25, 0.3) is 5.91 Å². The van der Waals surface area contributed by atoms with Crippen LogP contribution in [0.4, 0.5) is 0 Å². The van der Waals surface area contributed by atoms with Crippen molar-refractivity contribution in [1.29, 1.82) is 0 Å². The minimum Gasteiger partial charge on any atom is -0.484 e. The summed E-state index contributed by atoms with van der Waals surface area (Å²) in [5.41, 5.74) is 0.956. The Bertz CT molecular complexity index is 427. The van der Waals surface area contributed by atoms with Crippen molar-refractivity contribution < 1.29 is 14.6 Å². The van der Waals surface area contributed by atoms with Crippen molar-refractivity contribution >= 4 is 5.91 Å². The Labute approximate surface area is 107 Å². The molecule has 0 radical (unpaired) electrons. The molecule has 0 atom stereocenters. The third-order valence-corrected chi connectivity index (χ3v) is 3.41. The fourth-order valence-corrected chi connectivity index (χ4v) is 1.77. The second-order valence-corrected chi connectivity index (χ2v) is 4.99. The molecule has 98 valence electrons. The molecule has 0 aliphatic heterocycles. The van der Waals surface area contributed by atoms with E-state index >= 15 is 0 Å². The number of benzene rings is 1. The van der Waals surface area contributed by atoms with Crippen LogP contribution in [0.15, 0.2) is 24.3 Å². The third-order valence-electron chi connectivity index (χ3n) is 3.41. The molecule has 1 aliphatic carbocycles. The zero-order chi connectivity index (χ0) is 13.0. The molecule has 0 heterocycles. The number of aliphatic hydroxyl groups is 1. The van der Waals surface area contributed by atoms with Gasteiger partial charge in [-0.3, -0.25) is 4.79 Å². The first-order chi connectivity index (χ1) is 8.65. The van der Waals surface area contributed by atoms with Crippen LogP contribution in [0.5, 0.6) is 5.75 Å². The van der Waals surface area contributed by atoms with E-state index in [1.165, 1.54) is 0 Å². The van der Waals surface area contributed by atoms with Crippen LogP contribution in [-0.4, -0.2) is 30.8 Å². The SMILES string of the molecule is Cc1ccccc1OCC(=O)NCC1(CO)CC1.